The number of aromatic nitrogens is 2. The number of halogens is 1. The normalized spacial score (nSPS) is 10.3. The van der Waals surface area contributed by atoms with Gasteiger partial charge in [-0.25, -0.2) is 4.98 Å². The van der Waals surface area contributed by atoms with E-state index >= 15 is 0 Å². The van der Waals surface area contributed by atoms with Gasteiger partial charge in [-0.3, -0.25) is 9.78 Å². The topological polar surface area (TPSA) is 46.1 Å². The van der Waals surface area contributed by atoms with Crippen molar-refractivity contribution in [1.82, 2.24) is 14.9 Å². The highest BCUT2D eigenvalue weighted by Gasteiger charge is 2.16. The summed E-state index contributed by atoms with van der Waals surface area (Å²) < 4.78 is 0.859. The summed E-state index contributed by atoms with van der Waals surface area (Å²) in [4.78, 5) is 22.7. The van der Waals surface area contributed by atoms with Crippen LogP contribution in [0.1, 0.15) is 28.8 Å². The fraction of sp³-hybridized carbons (Fsp3) is 0.267. The fourth-order valence-corrected chi connectivity index (χ4v) is 2.11. The van der Waals surface area contributed by atoms with Crippen molar-refractivity contribution >= 4 is 21.8 Å². The lowest BCUT2D eigenvalue weighted by molar-refractivity contribution is 0.0744. The molecule has 5 heteroatoms. The van der Waals surface area contributed by atoms with E-state index in [1.54, 1.807) is 17.2 Å². The minimum atomic E-state index is -0.0803. The third-order valence-electron chi connectivity index (χ3n) is 2.91. The van der Waals surface area contributed by atoms with Gasteiger partial charge in [-0.05, 0) is 54.0 Å². The van der Waals surface area contributed by atoms with Crippen LogP contribution in [0, 0.1) is 6.92 Å². The van der Waals surface area contributed by atoms with Crippen molar-refractivity contribution in [3.63, 3.8) is 0 Å². The molecule has 0 atom stereocenters. The molecule has 20 heavy (non-hydrogen) atoms. The van der Waals surface area contributed by atoms with Crippen LogP contribution in [0.5, 0.6) is 0 Å². The highest BCUT2D eigenvalue weighted by Crippen LogP contribution is 2.11. The van der Waals surface area contributed by atoms with Crippen molar-refractivity contribution in [3.8, 4) is 0 Å². The van der Waals surface area contributed by atoms with E-state index in [9.17, 15) is 4.79 Å². The van der Waals surface area contributed by atoms with E-state index in [0.29, 0.717) is 18.8 Å². The molecule has 0 bridgehead atoms. The minimum Gasteiger partial charge on any atom is -0.332 e. The predicted octanol–water partition coefficient (Wildman–Crippen LogP) is 3.21. The van der Waals surface area contributed by atoms with E-state index in [1.165, 1.54) is 0 Å². The Morgan fingerprint density at radius 1 is 1.30 bits per heavy atom. The number of hydrogen-bond donors (Lipinski definition) is 0. The zero-order valence-electron chi connectivity index (χ0n) is 11.5. The Morgan fingerprint density at radius 3 is 2.70 bits per heavy atom. The Morgan fingerprint density at radius 2 is 2.10 bits per heavy atom. The Labute approximate surface area is 127 Å². The van der Waals surface area contributed by atoms with Gasteiger partial charge in [0.1, 0.15) is 5.69 Å². The lowest BCUT2D eigenvalue weighted by Gasteiger charge is -2.20. The van der Waals surface area contributed by atoms with Gasteiger partial charge in [0.25, 0.3) is 5.91 Å². The van der Waals surface area contributed by atoms with Gasteiger partial charge in [-0.1, -0.05) is 6.07 Å². The second-order valence-electron chi connectivity index (χ2n) is 4.45. The Hall–Kier alpha value is -1.75. The maximum absolute atomic E-state index is 12.4. The average molecular weight is 334 g/mol. The monoisotopic (exact) mass is 333 g/mol. The smallest absolute Gasteiger partial charge is 0.272 e. The quantitative estimate of drug-likeness (QED) is 0.863. The van der Waals surface area contributed by atoms with Crippen molar-refractivity contribution in [1.29, 1.82) is 0 Å². The Kier molecular flexibility index (Phi) is 4.84. The summed E-state index contributed by atoms with van der Waals surface area (Å²) in [6.45, 7) is 5.01. The van der Waals surface area contributed by atoms with Crippen LogP contribution in [0.4, 0.5) is 0 Å². The van der Waals surface area contributed by atoms with Gasteiger partial charge < -0.3 is 4.90 Å². The third-order valence-corrected chi connectivity index (χ3v) is 3.38. The first-order chi connectivity index (χ1) is 9.60. The van der Waals surface area contributed by atoms with Gasteiger partial charge >= 0.3 is 0 Å². The molecule has 0 fully saturated rings. The molecule has 1 amide bonds. The van der Waals surface area contributed by atoms with E-state index in [2.05, 4.69) is 25.9 Å². The van der Waals surface area contributed by atoms with Crippen LogP contribution in [0.3, 0.4) is 0 Å². The zero-order chi connectivity index (χ0) is 14.5. The maximum Gasteiger partial charge on any atom is 0.272 e. The summed E-state index contributed by atoms with van der Waals surface area (Å²) in [5, 5.41) is 0. The van der Waals surface area contributed by atoms with Crippen molar-refractivity contribution < 1.29 is 4.79 Å². The first-order valence-electron chi connectivity index (χ1n) is 6.43. The van der Waals surface area contributed by atoms with Gasteiger partial charge in [0.15, 0.2) is 0 Å². The van der Waals surface area contributed by atoms with Crippen LogP contribution in [0.25, 0.3) is 0 Å². The summed E-state index contributed by atoms with van der Waals surface area (Å²) in [7, 11) is 0. The first-order valence-corrected chi connectivity index (χ1v) is 7.23. The lowest BCUT2D eigenvalue weighted by Crippen LogP contribution is -2.31. The van der Waals surface area contributed by atoms with E-state index in [0.717, 1.165) is 15.9 Å². The Balaban J connectivity index is 2.15. The molecule has 0 aliphatic heterocycles. The van der Waals surface area contributed by atoms with Crippen molar-refractivity contribution in [2.24, 2.45) is 0 Å². The molecular formula is C15H16BrN3O. The molecule has 0 radical (unpaired) electrons. The van der Waals surface area contributed by atoms with Crippen LogP contribution >= 0.6 is 15.9 Å². The molecule has 2 heterocycles. The third kappa shape index (κ3) is 3.63. The summed E-state index contributed by atoms with van der Waals surface area (Å²) >= 11 is 3.31. The molecule has 2 rings (SSSR count). The van der Waals surface area contributed by atoms with E-state index in [1.807, 2.05) is 38.1 Å². The second-order valence-corrected chi connectivity index (χ2v) is 5.37. The van der Waals surface area contributed by atoms with Crippen molar-refractivity contribution in [2.45, 2.75) is 20.4 Å². The number of carbonyl (C=O) groups is 1. The molecule has 0 N–H and O–H groups in total. The number of aryl methyl sites for hydroxylation is 1. The predicted molar refractivity (Wildman–Crippen MR) is 81.3 cm³/mol. The number of rotatable bonds is 4. The molecule has 0 aliphatic rings. The van der Waals surface area contributed by atoms with Crippen LogP contribution in [-0.4, -0.2) is 27.3 Å². The van der Waals surface area contributed by atoms with Crippen molar-refractivity contribution in [2.75, 3.05) is 6.54 Å². The first kappa shape index (κ1) is 14.7. The fourth-order valence-electron chi connectivity index (χ4n) is 1.87. The van der Waals surface area contributed by atoms with Crippen LogP contribution < -0.4 is 0 Å². The standard InChI is InChI=1S/C15H16BrN3O/c1-3-19(10-13-6-4-5-11(2)18-13)15(20)14-8-7-12(16)9-17-14/h4-9H,3,10H2,1-2H3. The molecule has 2 aromatic heterocycles. The lowest BCUT2D eigenvalue weighted by atomic mass is 10.2. The second kappa shape index (κ2) is 6.61. The maximum atomic E-state index is 12.4. The van der Waals surface area contributed by atoms with Crippen LogP contribution in [0.2, 0.25) is 0 Å². The summed E-state index contributed by atoms with van der Waals surface area (Å²) in [6.07, 6.45) is 1.63. The molecule has 0 spiro atoms. The largest absolute Gasteiger partial charge is 0.332 e. The van der Waals surface area contributed by atoms with E-state index in [4.69, 9.17) is 0 Å². The minimum absolute atomic E-state index is 0.0803. The van der Waals surface area contributed by atoms with E-state index < -0.39 is 0 Å². The van der Waals surface area contributed by atoms with Crippen molar-refractivity contribution in [3.05, 3.63) is 58.1 Å². The number of hydrogen-bond acceptors (Lipinski definition) is 3. The summed E-state index contributed by atoms with van der Waals surface area (Å²) in [6, 6.07) is 9.36. The molecule has 104 valence electrons. The summed E-state index contributed by atoms with van der Waals surface area (Å²) in [5.41, 5.74) is 2.28. The van der Waals surface area contributed by atoms with Gasteiger partial charge in [0.2, 0.25) is 0 Å². The SMILES string of the molecule is CCN(Cc1cccc(C)n1)C(=O)c1ccc(Br)cn1. The highest BCUT2D eigenvalue weighted by atomic mass is 79.9. The molecular weight excluding hydrogens is 318 g/mol. The number of nitrogens with zero attached hydrogens (tertiary/aromatic N) is 3. The molecule has 4 nitrogen and oxygen atoms in total. The molecule has 0 saturated carbocycles. The Bertz CT molecular complexity index is 598. The number of amides is 1. The van der Waals surface area contributed by atoms with Gasteiger partial charge in [0.05, 0.1) is 12.2 Å². The molecule has 0 aliphatic carbocycles. The molecule has 2 aromatic rings. The highest BCUT2D eigenvalue weighted by molar-refractivity contribution is 9.10. The summed E-state index contributed by atoms with van der Waals surface area (Å²) in [5.74, 6) is -0.0803. The molecule has 0 aromatic carbocycles. The molecule has 0 unspecified atom stereocenters. The van der Waals surface area contributed by atoms with Gasteiger partial charge in [-0.15, -0.1) is 0 Å². The van der Waals surface area contributed by atoms with Gasteiger partial charge in [0, 0.05) is 22.9 Å². The number of carbonyl (C=O) groups excluding carboxylic acids is 1. The average Bonchev–Trinajstić information content (AvgIpc) is 2.45. The zero-order valence-corrected chi connectivity index (χ0v) is 13.1. The van der Waals surface area contributed by atoms with Crippen LogP contribution in [-0.2, 0) is 6.54 Å². The van der Waals surface area contributed by atoms with Gasteiger partial charge in [-0.2, -0.15) is 0 Å². The van der Waals surface area contributed by atoms with Crippen LogP contribution in [0.15, 0.2) is 41.0 Å². The van der Waals surface area contributed by atoms with E-state index in [-0.39, 0.29) is 5.91 Å². The number of pyridine rings is 2. The molecule has 0 saturated heterocycles.